The second-order valence-electron chi connectivity index (χ2n) is 4.71. The minimum absolute atomic E-state index is 0.0128. The van der Waals surface area contributed by atoms with E-state index in [1.807, 2.05) is 6.08 Å². The Balaban J connectivity index is 3.51. The minimum Gasteiger partial charge on any atom is -0.330 e. The number of unbranched alkanes of at least 4 members (excludes halogenated alkanes) is 5. The van der Waals surface area contributed by atoms with E-state index in [0.29, 0.717) is 19.6 Å². The molecule has 0 heterocycles. The smallest absolute Gasteiger partial charge is 0.00705 e. The maximum atomic E-state index is 5.74. The van der Waals surface area contributed by atoms with Crippen molar-refractivity contribution in [2.75, 3.05) is 19.6 Å². The predicted octanol–water partition coefficient (Wildman–Crippen LogP) is 1.77. The Labute approximate surface area is 100 Å². The molecule has 0 amide bonds. The molecule has 3 heteroatoms. The van der Waals surface area contributed by atoms with Crippen LogP contribution in [0.15, 0.2) is 12.7 Å². The molecule has 0 aromatic carbocycles. The molecular formula is C13H29N3. The zero-order valence-electron chi connectivity index (χ0n) is 10.6. The van der Waals surface area contributed by atoms with E-state index in [1.54, 1.807) is 0 Å². The van der Waals surface area contributed by atoms with E-state index >= 15 is 0 Å². The van der Waals surface area contributed by atoms with E-state index in [-0.39, 0.29) is 5.41 Å². The van der Waals surface area contributed by atoms with Gasteiger partial charge in [-0.15, -0.1) is 6.58 Å². The molecule has 0 fully saturated rings. The van der Waals surface area contributed by atoms with Gasteiger partial charge in [0, 0.05) is 25.0 Å². The van der Waals surface area contributed by atoms with Crippen molar-refractivity contribution >= 4 is 0 Å². The third kappa shape index (κ3) is 6.26. The summed E-state index contributed by atoms with van der Waals surface area (Å²) in [6.45, 7) is 5.54. The Kier molecular flexibility index (Phi) is 9.59. The fraction of sp³-hybridized carbons (Fsp3) is 0.846. The van der Waals surface area contributed by atoms with Crippen LogP contribution in [-0.4, -0.2) is 19.6 Å². The van der Waals surface area contributed by atoms with Gasteiger partial charge in [0.1, 0.15) is 0 Å². The molecule has 0 aromatic heterocycles. The third-order valence-electron chi connectivity index (χ3n) is 3.41. The summed E-state index contributed by atoms with van der Waals surface area (Å²) in [7, 11) is 0. The molecule has 0 saturated carbocycles. The summed E-state index contributed by atoms with van der Waals surface area (Å²) in [5, 5.41) is 0. The standard InChI is InChI=1S/C13H29N3/c1-2-3-4-5-6-7-8-9-13(10-14,11-15)12-16/h2H,1,3-12,14-16H2. The van der Waals surface area contributed by atoms with Gasteiger partial charge in [0.25, 0.3) is 0 Å². The average molecular weight is 227 g/mol. The molecule has 0 aliphatic heterocycles. The van der Waals surface area contributed by atoms with Gasteiger partial charge >= 0.3 is 0 Å². The maximum Gasteiger partial charge on any atom is 0.00705 e. The molecule has 0 radical (unpaired) electrons. The van der Waals surface area contributed by atoms with Crippen LogP contribution in [0.25, 0.3) is 0 Å². The van der Waals surface area contributed by atoms with Crippen molar-refractivity contribution in [3.05, 3.63) is 12.7 Å². The van der Waals surface area contributed by atoms with Gasteiger partial charge in [-0.05, 0) is 19.3 Å². The summed E-state index contributed by atoms with van der Waals surface area (Å²) in [6, 6.07) is 0. The lowest BCUT2D eigenvalue weighted by molar-refractivity contribution is 0.282. The highest BCUT2D eigenvalue weighted by Gasteiger charge is 2.24. The summed E-state index contributed by atoms with van der Waals surface area (Å²) >= 11 is 0. The summed E-state index contributed by atoms with van der Waals surface area (Å²) in [5.74, 6) is 0. The first-order valence-electron chi connectivity index (χ1n) is 6.46. The number of hydrogen-bond donors (Lipinski definition) is 3. The van der Waals surface area contributed by atoms with Gasteiger partial charge in [-0.3, -0.25) is 0 Å². The Morgan fingerprint density at radius 2 is 1.31 bits per heavy atom. The zero-order chi connectivity index (χ0) is 12.3. The third-order valence-corrected chi connectivity index (χ3v) is 3.41. The fourth-order valence-corrected chi connectivity index (χ4v) is 1.88. The predicted molar refractivity (Wildman–Crippen MR) is 72.1 cm³/mol. The Bertz CT molecular complexity index is 156. The summed E-state index contributed by atoms with van der Waals surface area (Å²) in [6.07, 6.45) is 10.5. The number of hydrogen-bond acceptors (Lipinski definition) is 3. The van der Waals surface area contributed by atoms with Crippen LogP contribution in [0.4, 0.5) is 0 Å². The van der Waals surface area contributed by atoms with Crippen molar-refractivity contribution in [1.29, 1.82) is 0 Å². The molecule has 0 saturated heterocycles. The molecule has 0 rings (SSSR count). The second kappa shape index (κ2) is 9.82. The fourth-order valence-electron chi connectivity index (χ4n) is 1.88. The van der Waals surface area contributed by atoms with Crippen LogP contribution in [0.2, 0.25) is 0 Å². The lowest BCUT2D eigenvalue weighted by Crippen LogP contribution is -2.44. The maximum absolute atomic E-state index is 5.74. The molecule has 0 atom stereocenters. The van der Waals surface area contributed by atoms with Crippen molar-refractivity contribution < 1.29 is 0 Å². The van der Waals surface area contributed by atoms with Gasteiger partial charge in [0.15, 0.2) is 0 Å². The molecule has 6 N–H and O–H groups in total. The molecule has 3 nitrogen and oxygen atoms in total. The topological polar surface area (TPSA) is 78.1 Å². The van der Waals surface area contributed by atoms with Gasteiger partial charge < -0.3 is 17.2 Å². The van der Waals surface area contributed by atoms with Crippen LogP contribution in [0.5, 0.6) is 0 Å². The molecule has 0 aromatic rings. The lowest BCUT2D eigenvalue weighted by Gasteiger charge is -2.29. The van der Waals surface area contributed by atoms with E-state index < -0.39 is 0 Å². The van der Waals surface area contributed by atoms with Crippen LogP contribution in [0.3, 0.4) is 0 Å². The van der Waals surface area contributed by atoms with Crippen molar-refractivity contribution in [1.82, 2.24) is 0 Å². The molecule has 0 spiro atoms. The van der Waals surface area contributed by atoms with Crippen LogP contribution < -0.4 is 17.2 Å². The summed E-state index contributed by atoms with van der Waals surface area (Å²) in [5.41, 5.74) is 17.2. The highest BCUT2D eigenvalue weighted by Crippen LogP contribution is 2.21. The molecular weight excluding hydrogens is 198 g/mol. The SMILES string of the molecule is C=CCCCCCCCC(CN)(CN)CN. The first-order chi connectivity index (χ1) is 7.74. The normalized spacial score (nSPS) is 11.7. The highest BCUT2D eigenvalue weighted by atomic mass is 14.7. The largest absolute Gasteiger partial charge is 0.330 e. The monoisotopic (exact) mass is 227 g/mol. The van der Waals surface area contributed by atoms with E-state index in [1.165, 1.54) is 32.1 Å². The van der Waals surface area contributed by atoms with Crippen molar-refractivity contribution in [3.63, 3.8) is 0 Å². The van der Waals surface area contributed by atoms with Crippen molar-refractivity contribution in [2.24, 2.45) is 22.6 Å². The first-order valence-corrected chi connectivity index (χ1v) is 6.46. The summed E-state index contributed by atoms with van der Waals surface area (Å²) < 4.78 is 0. The Hall–Kier alpha value is -0.380. The number of allylic oxidation sites excluding steroid dienone is 1. The van der Waals surface area contributed by atoms with Gasteiger partial charge in [-0.25, -0.2) is 0 Å². The van der Waals surface area contributed by atoms with Crippen molar-refractivity contribution in [3.8, 4) is 0 Å². The number of nitrogens with two attached hydrogens (primary N) is 3. The van der Waals surface area contributed by atoms with E-state index in [0.717, 1.165) is 12.8 Å². The van der Waals surface area contributed by atoms with Crippen LogP contribution in [0, 0.1) is 5.41 Å². The van der Waals surface area contributed by atoms with E-state index in [9.17, 15) is 0 Å². The molecule has 96 valence electrons. The average Bonchev–Trinajstić information content (AvgIpc) is 2.34. The molecule has 0 bridgehead atoms. The van der Waals surface area contributed by atoms with E-state index in [2.05, 4.69) is 6.58 Å². The molecule has 0 aliphatic rings. The van der Waals surface area contributed by atoms with Gasteiger partial charge in [0.05, 0.1) is 0 Å². The summed E-state index contributed by atoms with van der Waals surface area (Å²) in [4.78, 5) is 0. The van der Waals surface area contributed by atoms with Gasteiger partial charge in [0.2, 0.25) is 0 Å². The van der Waals surface area contributed by atoms with Crippen molar-refractivity contribution in [2.45, 2.75) is 44.9 Å². The molecule has 0 unspecified atom stereocenters. The Morgan fingerprint density at radius 1 is 0.812 bits per heavy atom. The quantitative estimate of drug-likeness (QED) is 0.372. The van der Waals surface area contributed by atoms with Gasteiger partial charge in [-0.1, -0.05) is 31.8 Å². The Morgan fingerprint density at radius 3 is 1.81 bits per heavy atom. The van der Waals surface area contributed by atoms with Crippen LogP contribution >= 0.6 is 0 Å². The van der Waals surface area contributed by atoms with Gasteiger partial charge in [-0.2, -0.15) is 0 Å². The van der Waals surface area contributed by atoms with E-state index in [4.69, 9.17) is 17.2 Å². The first kappa shape index (κ1) is 15.6. The lowest BCUT2D eigenvalue weighted by atomic mass is 9.82. The van der Waals surface area contributed by atoms with Crippen LogP contribution in [0.1, 0.15) is 44.9 Å². The number of rotatable bonds is 11. The molecule has 0 aliphatic carbocycles. The zero-order valence-corrected chi connectivity index (χ0v) is 10.6. The highest BCUT2D eigenvalue weighted by molar-refractivity contribution is 4.82. The van der Waals surface area contributed by atoms with Crippen LogP contribution in [-0.2, 0) is 0 Å². The minimum atomic E-state index is -0.0128. The molecule has 16 heavy (non-hydrogen) atoms. The second-order valence-corrected chi connectivity index (χ2v) is 4.71.